The normalized spacial score (nSPS) is 13.2. The number of aromatic nitrogens is 2. The number of nitrogens with zero attached hydrogens (tertiary/aromatic N) is 2. The predicted octanol–water partition coefficient (Wildman–Crippen LogP) is 1.53. The summed E-state index contributed by atoms with van der Waals surface area (Å²) in [7, 11) is -2.12. The van der Waals surface area contributed by atoms with Gasteiger partial charge in [-0.3, -0.25) is 0 Å². The van der Waals surface area contributed by atoms with Gasteiger partial charge in [-0.2, -0.15) is 5.10 Å². The lowest BCUT2D eigenvalue weighted by atomic mass is 10.1. The molecule has 2 rings (SSSR count). The van der Waals surface area contributed by atoms with Gasteiger partial charge in [0.1, 0.15) is 16.3 Å². The maximum Gasteiger partial charge on any atom is 0.244 e. The summed E-state index contributed by atoms with van der Waals surface area (Å²) in [5.41, 5.74) is 6.34. The lowest BCUT2D eigenvalue weighted by Crippen LogP contribution is -2.40. The molecule has 2 aromatic rings. The average molecular weight is 352 g/mol. The van der Waals surface area contributed by atoms with E-state index < -0.39 is 10.0 Å². The van der Waals surface area contributed by atoms with Gasteiger partial charge < -0.3 is 10.5 Å². The average Bonchev–Trinajstić information content (AvgIpc) is 3.04. The van der Waals surface area contributed by atoms with Crippen molar-refractivity contribution in [2.24, 2.45) is 11.7 Å². The molecule has 7 nitrogen and oxygen atoms in total. The van der Waals surface area contributed by atoms with Gasteiger partial charge in [-0.25, -0.2) is 17.8 Å². The van der Waals surface area contributed by atoms with Gasteiger partial charge in [0, 0.05) is 12.6 Å². The van der Waals surface area contributed by atoms with Crippen LogP contribution in [0, 0.1) is 5.92 Å². The SMILES string of the molecule is COc1ccccc1-n1cc(S(=O)(=O)NC(CN)CC(C)C)cn1. The van der Waals surface area contributed by atoms with Crippen LogP contribution < -0.4 is 15.2 Å². The Morgan fingerprint density at radius 1 is 1.33 bits per heavy atom. The summed E-state index contributed by atoms with van der Waals surface area (Å²) >= 11 is 0. The molecule has 1 unspecified atom stereocenters. The second-order valence-electron chi connectivity index (χ2n) is 5.98. The van der Waals surface area contributed by atoms with E-state index in [1.165, 1.54) is 17.1 Å². The van der Waals surface area contributed by atoms with E-state index in [-0.39, 0.29) is 17.5 Å². The van der Waals surface area contributed by atoms with Gasteiger partial charge in [0.25, 0.3) is 0 Å². The van der Waals surface area contributed by atoms with Crippen molar-refractivity contribution < 1.29 is 13.2 Å². The Balaban J connectivity index is 2.25. The molecule has 24 heavy (non-hydrogen) atoms. The molecule has 0 radical (unpaired) electrons. The van der Waals surface area contributed by atoms with Crippen LogP contribution in [0.3, 0.4) is 0 Å². The van der Waals surface area contributed by atoms with E-state index in [1.54, 1.807) is 19.2 Å². The highest BCUT2D eigenvalue weighted by Gasteiger charge is 2.22. The second-order valence-corrected chi connectivity index (χ2v) is 7.69. The number of ether oxygens (including phenoxy) is 1. The number of nitrogens with one attached hydrogen (secondary N) is 1. The summed E-state index contributed by atoms with van der Waals surface area (Å²) in [6.45, 7) is 4.30. The zero-order chi connectivity index (χ0) is 17.7. The van der Waals surface area contributed by atoms with E-state index in [2.05, 4.69) is 9.82 Å². The molecular weight excluding hydrogens is 328 g/mol. The first kappa shape index (κ1) is 18.4. The van der Waals surface area contributed by atoms with Gasteiger partial charge in [-0.05, 0) is 24.5 Å². The quantitative estimate of drug-likeness (QED) is 0.751. The molecular formula is C16H24N4O3S. The summed E-state index contributed by atoms with van der Waals surface area (Å²) < 4.78 is 34.5. The molecule has 0 spiro atoms. The summed E-state index contributed by atoms with van der Waals surface area (Å²) in [5.74, 6) is 0.953. The summed E-state index contributed by atoms with van der Waals surface area (Å²) in [6, 6.07) is 6.96. The van der Waals surface area contributed by atoms with E-state index in [9.17, 15) is 8.42 Å². The van der Waals surface area contributed by atoms with Gasteiger partial charge in [-0.1, -0.05) is 26.0 Å². The third-order valence-electron chi connectivity index (χ3n) is 3.56. The fourth-order valence-corrected chi connectivity index (χ4v) is 3.64. The van der Waals surface area contributed by atoms with Crippen LogP contribution in [0.1, 0.15) is 20.3 Å². The van der Waals surface area contributed by atoms with Crippen LogP contribution >= 0.6 is 0 Å². The van der Waals surface area contributed by atoms with E-state index in [0.29, 0.717) is 23.8 Å². The molecule has 0 amide bonds. The first-order valence-electron chi connectivity index (χ1n) is 7.78. The molecule has 1 aromatic heterocycles. The molecule has 1 heterocycles. The van der Waals surface area contributed by atoms with E-state index >= 15 is 0 Å². The van der Waals surface area contributed by atoms with Crippen LogP contribution in [0.2, 0.25) is 0 Å². The number of hydrogen-bond acceptors (Lipinski definition) is 5. The number of para-hydroxylation sites is 2. The molecule has 1 aromatic carbocycles. The Kier molecular flexibility index (Phi) is 5.98. The Bertz CT molecular complexity index is 771. The third kappa shape index (κ3) is 4.34. The first-order chi connectivity index (χ1) is 11.4. The van der Waals surface area contributed by atoms with Crippen molar-refractivity contribution in [3.63, 3.8) is 0 Å². The molecule has 8 heteroatoms. The van der Waals surface area contributed by atoms with Crippen LogP contribution in [0.15, 0.2) is 41.6 Å². The monoisotopic (exact) mass is 352 g/mol. The van der Waals surface area contributed by atoms with Crippen molar-refractivity contribution >= 4 is 10.0 Å². The standard InChI is InChI=1S/C16H24N4O3S/c1-12(2)8-13(9-17)19-24(21,22)14-10-18-20(11-14)15-6-4-5-7-16(15)23-3/h4-7,10-13,19H,8-9,17H2,1-3H3. The third-order valence-corrected chi connectivity index (χ3v) is 5.04. The van der Waals surface area contributed by atoms with Crippen LogP contribution in [-0.4, -0.2) is 37.9 Å². The van der Waals surface area contributed by atoms with Gasteiger partial charge in [-0.15, -0.1) is 0 Å². The lowest BCUT2D eigenvalue weighted by molar-refractivity contribution is 0.411. The topological polar surface area (TPSA) is 99.2 Å². The Hall–Kier alpha value is -1.90. The minimum Gasteiger partial charge on any atom is -0.494 e. The molecule has 0 aliphatic rings. The maximum absolute atomic E-state index is 12.5. The Morgan fingerprint density at radius 2 is 2.04 bits per heavy atom. The van der Waals surface area contributed by atoms with Crippen molar-refractivity contribution in [2.75, 3.05) is 13.7 Å². The zero-order valence-electron chi connectivity index (χ0n) is 14.1. The summed E-state index contributed by atoms with van der Waals surface area (Å²) in [6.07, 6.45) is 3.46. The van der Waals surface area contributed by atoms with Gasteiger partial charge >= 0.3 is 0 Å². The highest BCUT2D eigenvalue weighted by molar-refractivity contribution is 7.89. The highest BCUT2D eigenvalue weighted by atomic mass is 32.2. The van der Waals surface area contributed by atoms with Gasteiger partial charge in [0.15, 0.2) is 0 Å². The predicted molar refractivity (Wildman–Crippen MR) is 92.7 cm³/mol. The largest absolute Gasteiger partial charge is 0.494 e. The molecule has 0 saturated heterocycles. The van der Waals surface area contributed by atoms with Gasteiger partial charge in [0.05, 0.1) is 19.5 Å². The molecule has 0 bridgehead atoms. The number of sulfonamides is 1. The molecule has 132 valence electrons. The number of rotatable bonds is 8. The van der Waals surface area contributed by atoms with Crippen molar-refractivity contribution in [3.8, 4) is 11.4 Å². The fraction of sp³-hybridized carbons (Fsp3) is 0.438. The maximum atomic E-state index is 12.5. The van der Waals surface area contributed by atoms with Crippen molar-refractivity contribution in [2.45, 2.75) is 31.2 Å². The fourth-order valence-electron chi connectivity index (χ4n) is 2.44. The molecule has 0 fully saturated rings. The molecule has 0 saturated carbocycles. The minimum absolute atomic E-state index is 0.0932. The minimum atomic E-state index is -3.68. The molecule has 0 aliphatic carbocycles. The first-order valence-corrected chi connectivity index (χ1v) is 9.26. The van der Waals surface area contributed by atoms with Gasteiger partial charge in [0.2, 0.25) is 10.0 Å². The highest BCUT2D eigenvalue weighted by Crippen LogP contribution is 2.22. The molecule has 3 N–H and O–H groups in total. The lowest BCUT2D eigenvalue weighted by Gasteiger charge is -2.18. The number of hydrogen-bond donors (Lipinski definition) is 2. The van der Waals surface area contributed by atoms with Crippen molar-refractivity contribution in [1.82, 2.24) is 14.5 Å². The van der Waals surface area contributed by atoms with Crippen LogP contribution in [0.5, 0.6) is 5.75 Å². The van der Waals surface area contributed by atoms with E-state index in [4.69, 9.17) is 10.5 Å². The van der Waals surface area contributed by atoms with Crippen molar-refractivity contribution in [3.05, 3.63) is 36.7 Å². The number of methoxy groups -OCH3 is 1. The van der Waals surface area contributed by atoms with E-state index in [1.807, 2.05) is 26.0 Å². The molecule has 1 atom stereocenters. The van der Waals surface area contributed by atoms with E-state index in [0.717, 1.165) is 0 Å². The second kappa shape index (κ2) is 7.78. The van der Waals surface area contributed by atoms with Crippen molar-refractivity contribution in [1.29, 1.82) is 0 Å². The smallest absolute Gasteiger partial charge is 0.244 e. The summed E-state index contributed by atoms with van der Waals surface area (Å²) in [4.78, 5) is 0.0932. The van der Waals surface area contributed by atoms with Crippen LogP contribution in [-0.2, 0) is 10.0 Å². The Labute approximate surface area is 142 Å². The molecule has 0 aliphatic heterocycles. The summed E-state index contributed by atoms with van der Waals surface area (Å²) in [5, 5.41) is 4.14. The number of nitrogens with two attached hydrogens (primary N) is 1. The van der Waals surface area contributed by atoms with Crippen LogP contribution in [0.4, 0.5) is 0 Å². The number of benzene rings is 1. The van der Waals surface area contributed by atoms with Crippen LogP contribution in [0.25, 0.3) is 5.69 Å². The Morgan fingerprint density at radius 3 is 2.67 bits per heavy atom. The zero-order valence-corrected chi connectivity index (χ0v) is 15.0.